The summed E-state index contributed by atoms with van der Waals surface area (Å²) in [5.41, 5.74) is 2.11. The van der Waals surface area contributed by atoms with E-state index in [1.165, 1.54) is 24.8 Å². The Hall–Kier alpha value is -1.37. The van der Waals surface area contributed by atoms with Crippen molar-refractivity contribution >= 4 is 6.29 Å². The van der Waals surface area contributed by atoms with Crippen LogP contribution in [0, 0.1) is 0 Å². The molecular formula is C15H20O. The number of rotatable bonds is 7. The molecule has 1 nitrogen and oxygen atoms in total. The summed E-state index contributed by atoms with van der Waals surface area (Å²) >= 11 is 0. The largest absolute Gasteiger partial charge is 0.298 e. The van der Waals surface area contributed by atoms with E-state index < -0.39 is 0 Å². The maximum absolute atomic E-state index is 10.9. The summed E-state index contributed by atoms with van der Waals surface area (Å²) < 4.78 is 0. The van der Waals surface area contributed by atoms with Gasteiger partial charge in [-0.1, -0.05) is 56.2 Å². The van der Waals surface area contributed by atoms with Crippen molar-refractivity contribution in [2.75, 3.05) is 0 Å². The predicted molar refractivity (Wildman–Crippen MR) is 68.4 cm³/mol. The van der Waals surface area contributed by atoms with E-state index in [0.29, 0.717) is 0 Å². The molecule has 1 aromatic rings. The Morgan fingerprint density at radius 2 is 1.94 bits per heavy atom. The van der Waals surface area contributed by atoms with Crippen molar-refractivity contribution in [1.29, 1.82) is 0 Å². The Balaban J connectivity index is 2.45. The van der Waals surface area contributed by atoms with E-state index in [0.717, 1.165) is 24.7 Å². The van der Waals surface area contributed by atoms with Crippen molar-refractivity contribution in [3.05, 3.63) is 47.5 Å². The first kappa shape index (κ1) is 12.7. The van der Waals surface area contributed by atoms with Crippen LogP contribution >= 0.6 is 0 Å². The van der Waals surface area contributed by atoms with Crippen LogP contribution in [0.1, 0.15) is 38.2 Å². The van der Waals surface area contributed by atoms with E-state index in [2.05, 4.69) is 25.1 Å². The lowest BCUT2D eigenvalue weighted by atomic mass is 10.0. The Bertz CT molecular complexity index is 325. The third kappa shape index (κ3) is 4.92. The number of carbonyl (C=O) groups is 1. The number of unbranched alkanes of at least 4 members (excludes halogenated alkanes) is 3. The number of allylic oxidation sites excluding steroid dienone is 2. The Morgan fingerprint density at radius 1 is 1.19 bits per heavy atom. The molecule has 0 atom stereocenters. The molecular weight excluding hydrogens is 196 g/mol. The van der Waals surface area contributed by atoms with Gasteiger partial charge in [0.15, 0.2) is 0 Å². The summed E-state index contributed by atoms with van der Waals surface area (Å²) in [7, 11) is 0. The summed E-state index contributed by atoms with van der Waals surface area (Å²) in [6, 6.07) is 10.1. The molecule has 0 spiro atoms. The van der Waals surface area contributed by atoms with Crippen LogP contribution in [0.15, 0.2) is 42.0 Å². The molecule has 0 radical (unpaired) electrons. The highest BCUT2D eigenvalue weighted by Gasteiger charge is 1.97. The molecule has 86 valence electrons. The van der Waals surface area contributed by atoms with Gasteiger partial charge in [0.2, 0.25) is 0 Å². The van der Waals surface area contributed by atoms with Gasteiger partial charge in [-0.25, -0.2) is 0 Å². The van der Waals surface area contributed by atoms with E-state index in [-0.39, 0.29) is 0 Å². The highest BCUT2D eigenvalue weighted by Crippen LogP contribution is 2.08. The van der Waals surface area contributed by atoms with Gasteiger partial charge in [0, 0.05) is 6.42 Å². The van der Waals surface area contributed by atoms with Crippen molar-refractivity contribution in [3.8, 4) is 0 Å². The topological polar surface area (TPSA) is 17.1 Å². The molecule has 1 heteroatoms. The average molecular weight is 216 g/mol. The molecule has 0 aromatic heterocycles. The summed E-state index contributed by atoms with van der Waals surface area (Å²) in [5.74, 6) is 0. The lowest BCUT2D eigenvalue weighted by Crippen LogP contribution is -1.92. The number of benzene rings is 1. The Morgan fingerprint density at radius 3 is 2.56 bits per heavy atom. The van der Waals surface area contributed by atoms with Crippen molar-refractivity contribution in [2.24, 2.45) is 0 Å². The van der Waals surface area contributed by atoms with Crippen molar-refractivity contribution in [1.82, 2.24) is 0 Å². The van der Waals surface area contributed by atoms with E-state index in [1.807, 2.05) is 18.2 Å². The highest BCUT2D eigenvalue weighted by molar-refractivity contribution is 5.73. The van der Waals surface area contributed by atoms with Gasteiger partial charge in [-0.3, -0.25) is 4.79 Å². The first-order chi connectivity index (χ1) is 7.86. The summed E-state index contributed by atoms with van der Waals surface area (Å²) in [4.78, 5) is 10.9. The van der Waals surface area contributed by atoms with Crippen LogP contribution in [-0.2, 0) is 11.2 Å². The molecule has 0 fully saturated rings. The number of hydrogen-bond donors (Lipinski definition) is 0. The number of aldehydes is 1. The lowest BCUT2D eigenvalue weighted by Gasteiger charge is -2.00. The molecule has 0 bridgehead atoms. The minimum absolute atomic E-state index is 0.760. The van der Waals surface area contributed by atoms with Crippen LogP contribution in [0.25, 0.3) is 0 Å². The van der Waals surface area contributed by atoms with Gasteiger partial charge in [-0.15, -0.1) is 0 Å². The van der Waals surface area contributed by atoms with Crippen LogP contribution in [0.4, 0.5) is 0 Å². The van der Waals surface area contributed by atoms with Crippen LogP contribution < -0.4 is 0 Å². The molecule has 0 saturated heterocycles. The van der Waals surface area contributed by atoms with Crippen LogP contribution in [0.3, 0.4) is 0 Å². The summed E-state index contributed by atoms with van der Waals surface area (Å²) in [5, 5.41) is 0. The molecule has 0 heterocycles. The van der Waals surface area contributed by atoms with E-state index in [9.17, 15) is 4.79 Å². The number of carbonyl (C=O) groups excluding carboxylic acids is 1. The minimum atomic E-state index is 0.760. The van der Waals surface area contributed by atoms with Gasteiger partial charge in [-0.2, -0.15) is 0 Å². The van der Waals surface area contributed by atoms with E-state index >= 15 is 0 Å². The van der Waals surface area contributed by atoms with Crippen molar-refractivity contribution < 1.29 is 4.79 Å². The molecule has 0 aliphatic heterocycles. The average Bonchev–Trinajstić information content (AvgIpc) is 2.34. The normalized spacial score (nSPS) is 11.4. The zero-order valence-electron chi connectivity index (χ0n) is 9.99. The third-order valence-corrected chi connectivity index (χ3v) is 2.62. The van der Waals surface area contributed by atoms with E-state index in [4.69, 9.17) is 0 Å². The molecule has 1 rings (SSSR count). The monoisotopic (exact) mass is 216 g/mol. The summed E-state index contributed by atoms with van der Waals surface area (Å²) in [6.07, 6.45) is 8.50. The van der Waals surface area contributed by atoms with Gasteiger partial charge < -0.3 is 0 Å². The second kappa shape index (κ2) is 7.86. The van der Waals surface area contributed by atoms with Crippen LogP contribution in [0.2, 0.25) is 0 Å². The Kier molecular flexibility index (Phi) is 6.24. The fraction of sp³-hybridized carbons (Fsp3) is 0.400. The second-order valence-corrected chi connectivity index (χ2v) is 4.06. The zero-order valence-corrected chi connectivity index (χ0v) is 9.99. The quantitative estimate of drug-likeness (QED) is 0.383. The number of hydrogen-bond acceptors (Lipinski definition) is 1. The molecule has 16 heavy (non-hydrogen) atoms. The van der Waals surface area contributed by atoms with Crippen molar-refractivity contribution in [2.45, 2.75) is 39.0 Å². The molecule has 0 aliphatic carbocycles. The third-order valence-electron chi connectivity index (χ3n) is 2.62. The minimum Gasteiger partial charge on any atom is -0.298 e. The smallest absolute Gasteiger partial charge is 0.146 e. The SMILES string of the molecule is CCCCCC=C(C=O)Cc1ccccc1. The van der Waals surface area contributed by atoms with Gasteiger partial charge in [0.25, 0.3) is 0 Å². The first-order valence-electron chi connectivity index (χ1n) is 6.05. The van der Waals surface area contributed by atoms with E-state index in [1.54, 1.807) is 0 Å². The predicted octanol–water partition coefficient (Wildman–Crippen LogP) is 3.93. The van der Waals surface area contributed by atoms with Crippen LogP contribution in [-0.4, -0.2) is 6.29 Å². The van der Waals surface area contributed by atoms with Crippen molar-refractivity contribution in [3.63, 3.8) is 0 Å². The molecule has 0 aliphatic rings. The zero-order chi connectivity index (χ0) is 11.6. The first-order valence-corrected chi connectivity index (χ1v) is 6.05. The van der Waals surface area contributed by atoms with Gasteiger partial charge in [-0.05, 0) is 24.0 Å². The molecule has 0 N–H and O–H groups in total. The lowest BCUT2D eigenvalue weighted by molar-refractivity contribution is -0.105. The summed E-state index contributed by atoms with van der Waals surface area (Å²) in [6.45, 7) is 2.19. The second-order valence-electron chi connectivity index (χ2n) is 4.06. The highest BCUT2D eigenvalue weighted by atomic mass is 16.1. The van der Waals surface area contributed by atoms with Gasteiger partial charge >= 0.3 is 0 Å². The Labute approximate surface area is 98.2 Å². The standard InChI is InChI=1S/C15H20O/c1-2-3-4-6-11-15(13-16)12-14-9-7-5-8-10-14/h5,7-11,13H,2-4,6,12H2,1H3. The molecule has 0 amide bonds. The maximum Gasteiger partial charge on any atom is 0.146 e. The molecule has 0 saturated carbocycles. The molecule has 1 aromatic carbocycles. The van der Waals surface area contributed by atoms with Gasteiger partial charge in [0.05, 0.1) is 0 Å². The molecule has 0 unspecified atom stereocenters. The fourth-order valence-electron chi connectivity index (χ4n) is 1.68. The fourth-order valence-corrected chi connectivity index (χ4v) is 1.68. The maximum atomic E-state index is 10.9. The van der Waals surface area contributed by atoms with Crippen LogP contribution in [0.5, 0.6) is 0 Å². The van der Waals surface area contributed by atoms with Gasteiger partial charge in [0.1, 0.15) is 6.29 Å².